The first-order chi connectivity index (χ1) is 10.9. The second-order valence-electron chi connectivity index (χ2n) is 5.72. The first-order valence-electron chi connectivity index (χ1n) is 7.52. The van der Waals surface area contributed by atoms with Gasteiger partial charge in [0, 0.05) is 5.69 Å². The molecule has 0 bridgehead atoms. The van der Waals surface area contributed by atoms with E-state index in [0.717, 1.165) is 22.4 Å². The molecule has 2 aromatic rings. The molecule has 0 fully saturated rings. The van der Waals surface area contributed by atoms with Crippen molar-refractivity contribution < 1.29 is 14.3 Å². The van der Waals surface area contributed by atoms with Gasteiger partial charge >= 0.3 is 5.97 Å². The number of aryl methyl sites for hydroxylation is 3. The van der Waals surface area contributed by atoms with Crippen molar-refractivity contribution in [2.24, 2.45) is 0 Å². The number of carbonyl (C=O) groups excluding carboxylic acids is 2. The molecule has 4 nitrogen and oxygen atoms in total. The lowest BCUT2D eigenvalue weighted by molar-refractivity contribution is -0.123. The Bertz CT molecular complexity index is 737. The summed E-state index contributed by atoms with van der Waals surface area (Å²) in [6.07, 6.45) is -0.872. The second kappa shape index (κ2) is 7.09. The zero-order valence-electron chi connectivity index (χ0n) is 13.8. The highest BCUT2D eigenvalue weighted by atomic mass is 16.5. The van der Waals surface area contributed by atoms with E-state index in [4.69, 9.17) is 4.74 Å². The van der Waals surface area contributed by atoms with Gasteiger partial charge in [0.2, 0.25) is 0 Å². The first kappa shape index (κ1) is 16.7. The standard InChI is InChI=1S/C19H21NO3/c1-12-6-5-7-16(10-12)19(22)23-15(4)18(21)20-17-11-13(2)8-9-14(17)3/h5-11,15H,1-4H3,(H,20,21)/t15-/m0/s1. The van der Waals surface area contributed by atoms with Gasteiger partial charge in [-0.25, -0.2) is 4.79 Å². The minimum Gasteiger partial charge on any atom is -0.449 e. The summed E-state index contributed by atoms with van der Waals surface area (Å²) in [6.45, 7) is 7.33. The number of hydrogen-bond donors (Lipinski definition) is 1. The van der Waals surface area contributed by atoms with Crippen molar-refractivity contribution in [2.45, 2.75) is 33.8 Å². The van der Waals surface area contributed by atoms with Crippen LogP contribution in [0.15, 0.2) is 42.5 Å². The van der Waals surface area contributed by atoms with Crippen molar-refractivity contribution in [1.29, 1.82) is 0 Å². The van der Waals surface area contributed by atoms with Gasteiger partial charge in [0.15, 0.2) is 6.10 Å². The maximum atomic E-state index is 12.2. The summed E-state index contributed by atoms with van der Waals surface area (Å²) in [5, 5.41) is 2.80. The van der Waals surface area contributed by atoms with Crippen LogP contribution in [0.3, 0.4) is 0 Å². The molecular formula is C19H21NO3. The number of rotatable bonds is 4. The van der Waals surface area contributed by atoms with Gasteiger partial charge in [-0.3, -0.25) is 4.79 Å². The largest absolute Gasteiger partial charge is 0.449 e. The minimum absolute atomic E-state index is 0.347. The van der Waals surface area contributed by atoms with Crippen molar-refractivity contribution in [3.63, 3.8) is 0 Å². The first-order valence-corrected chi connectivity index (χ1v) is 7.52. The Hall–Kier alpha value is -2.62. The molecule has 23 heavy (non-hydrogen) atoms. The Labute approximate surface area is 136 Å². The predicted octanol–water partition coefficient (Wildman–Crippen LogP) is 3.80. The lowest BCUT2D eigenvalue weighted by atomic mass is 10.1. The molecule has 2 aromatic carbocycles. The zero-order valence-corrected chi connectivity index (χ0v) is 13.8. The Balaban J connectivity index is 2.02. The van der Waals surface area contributed by atoms with E-state index >= 15 is 0 Å². The molecule has 0 unspecified atom stereocenters. The maximum absolute atomic E-state index is 12.2. The van der Waals surface area contributed by atoms with Crippen molar-refractivity contribution >= 4 is 17.6 Å². The van der Waals surface area contributed by atoms with Gasteiger partial charge in [0.05, 0.1) is 5.56 Å². The summed E-state index contributed by atoms with van der Waals surface area (Å²) < 4.78 is 5.24. The molecule has 0 saturated carbocycles. The van der Waals surface area contributed by atoms with Crippen LogP contribution in [0.5, 0.6) is 0 Å². The molecular weight excluding hydrogens is 290 g/mol. The van der Waals surface area contributed by atoms with Crippen LogP contribution in [-0.4, -0.2) is 18.0 Å². The van der Waals surface area contributed by atoms with Crippen LogP contribution in [-0.2, 0) is 9.53 Å². The van der Waals surface area contributed by atoms with Crippen LogP contribution >= 0.6 is 0 Å². The summed E-state index contributed by atoms with van der Waals surface area (Å²) in [6, 6.07) is 12.9. The van der Waals surface area contributed by atoms with E-state index in [1.165, 1.54) is 0 Å². The zero-order chi connectivity index (χ0) is 17.0. The number of nitrogens with one attached hydrogen (secondary N) is 1. The van der Waals surface area contributed by atoms with Crippen LogP contribution < -0.4 is 5.32 Å². The Morgan fingerprint density at radius 2 is 1.70 bits per heavy atom. The number of anilines is 1. The van der Waals surface area contributed by atoms with Gasteiger partial charge in [-0.05, 0) is 57.0 Å². The smallest absolute Gasteiger partial charge is 0.338 e. The number of carbonyl (C=O) groups is 2. The fraction of sp³-hybridized carbons (Fsp3) is 0.263. The van der Waals surface area contributed by atoms with Gasteiger partial charge in [-0.15, -0.1) is 0 Å². The fourth-order valence-electron chi connectivity index (χ4n) is 2.16. The third kappa shape index (κ3) is 4.42. The summed E-state index contributed by atoms with van der Waals surface area (Å²) in [5.41, 5.74) is 4.15. The monoisotopic (exact) mass is 311 g/mol. The van der Waals surface area contributed by atoms with Crippen molar-refractivity contribution in [3.8, 4) is 0 Å². The summed E-state index contributed by atoms with van der Waals surface area (Å²) in [7, 11) is 0. The quantitative estimate of drug-likeness (QED) is 0.874. The Morgan fingerprint density at radius 3 is 2.39 bits per heavy atom. The molecule has 1 N–H and O–H groups in total. The van der Waals surface area contributed by atoms with E-state index in [2.05, 4.69) is 5.32 Å². The molecule has 0 radical (unpaired) electrons. The van der Waals surface area contributed by atoms with Crippen LogP contribution in [0.25, 0.3) is 0 Å². The van der Waals surface area contributed by atoms with E-state index < -0.39 is 12.1 Å². The molecule has 4 heteroatoms. The molecule has 2 rings (SSSR count). The number of esters is 1. The van der Waals surface area contributed by atoms with Gasteiger partial charge in [-0.1, -0.05) is 29.8 Å². The molecule has 0 aliphatic heterocycles. The molecule has 120 valence electrons. The Kier molecular flexibility index (Phi) is 5.16. The highest BCUT2D eigenvalue weighted by Crippen LogP contribution is 2.17. The predicted molar refractivity (Wildman–Crippen MR) is 90.6 cm³/mol. The van der Waals surface area contributed by atoms with E-state index in [9.17, 15) is 9.59 Å². The molecule has 0 saturated heterocycles. The topological polar surface area (TPSA) is 55.4 Å². The average Bonchev–Trinajstić information content (AvgIpc) is 2.50. The van der Waals surface area contributed by atoms with E-state index in [0.29, 0.717) is 5.56 Å². The van der Waals surface area contributed by atoms with Gasteiger partial charge < -0.3 is 10.1 Å². The van der Waals surface area contributed by atoms with E-state index in [1.54, 1.807) is 25.1 Å². The van der Waals surface area contributed by atoms with Crippen LogP contribution in [0.4, 0.5) is 5.69 Å². The molecule has 0 aliphatic carbocycles. The van der Waals surface area contributed by atoms with Crippen molar-refractivity contribution in [2.75, 3.05) is 5.32 Å². The number of ether oxygens (including phenoxy) is 1. The van der Waals surface area contributed by atoms with Crippen molar-refractivity contribution in [3.05, 3.63) is 64.7 Å². The second-order valence-corrected chi connectivity index (χ2v) is 5.72. The van der Waals surface area contributed by atoms with Gasteiger partial charge in [0.25, 0.3) is 5.91 Å². The highest BCUT2D eigenvalue weighted by molar-refractivity contribution is 5.97. The number of amides is 1. The lowest BCUT2D eigenvalue weighted by Crippen LogP contribution is -2.30. The summed E-state index contributed by atoms with van der Waals surface area (Å²) in [4.78, 5) is 24.3. The molecule has 1 amide bonds. The van der Waals surface area contributed by atoms with E-state index in [-0.39, 0.29) is 5.91 Å². The van der Waals surface area contributed by atoms with Gasteiger partial charge in [-0.2, -0.15) is 0 Å². The average molecular weight is 311 g/mol. The summed E-state index contributed by atoms with van der Waals surface area (Å²) in [5.74, 6) is -0.850. The number of benzene rings is 2. The molecule has 0 aromatic heterocycles. The van der Waals surface area contributed by atoms with Gasteiger partial charge in [0.1, 0.15) is 0 Å². The van der Waals surface area contributed by atoms with Crippen LogP contribution in [0.2, 0.25) is 0 Å². The minimum atomic E-state index is -0.872. The third-order valence-corrected chi connectivity index (χ3v) is 3.56. The fourth-order valence-corrected chi connectivity index (χ4v) is 2.16. The molecule has 0 spiro atoms. The maximum Gasteiger partial charge on any atom is 0.338 e. The summed E-state index contributed by atoms with van der Waals surface area (Å²) >= 11 is 0. The normalized spacial score (nSPS) is 11.7. The third-order valence-electron chi connectivity index (χ3n) is 3.56. The van der Waals surface area contributed by atoms with Crippen molar-refractivity contribution in [1.82, 2.24) is 0 Å². The Morgan fingerprint density at radius 1 is 1.00 bits per heavy atom. The van der Waals surface area contributed by atoms with Crippen LogP contribution in [0, 0.1) is 20.8 Å². The van der Waals surface area contributed by atoms with Crippen LogP contribution in [0.1, 0.15) is 34.0 Å². The van der Waals surface area contributed by atoms with E-state index in [1.807, 2.05) is 45.0 Å². The number of hydrogen-bond acceptors (Lipinski definition) is 3. The molecule has 1 atom stereocenters. The highest BCUT2D eigenvalue weighted by Gasteiger charge is 2.19. The molecule has 0 heterocycles. The lowest BCUT2D eigenvalue weighted by Gasteiger charge is -2.15. The SMILES string of the molecule is Cc1cccc(C(=O)O[C@@H](C)C(=O)Nc2cc(C)ccc2C)c1. The molecule has 0 aliphatic rings.